The summed E-state index contributed by atoms with van der Waals surface area (Å²) < 4.78 is 32.6. The van der Waals surface area contributed by atoms with Gasteiger partial charge in [-0.2, -0.15) is 0 Å². The van der Waals surface area contributed by atoms with Crippen LogP contribution in [0.3, 0.4) is 0 Å². The van der Waals surface area contributed by atoms with Crippen molar-refractivity contribution in [1.82, 2.24) is 41.4 Å². The number of alkyl carbamates (subject to hydrolysis) is 2. The quantitative estimate of drug-likeness (QED) is 0.00563. The molecule has 2 aromatic heterocycles. The van der Waals surface area contributed by atoms with E-state index in [4.69, 9.17) is 32.6 Å². The fraction of sp³-hybridized carbons (Fsp3) is 0.488. The summed E-state index contributed by atoms with van der Waals surface area (Å²) in [6, 6.07) is 18.8. The van der Waals surface area contributed by atoms with Gasteiger partial charge in [0.15, 0.2) is 0 Å². The van der Waals surface area contributed by atoms with Gasteiger partial charge in [-0.05, 0) is 177 Å². The SMILES string of the molecule is CC(=O)Cc1cc(=O)oc2cc(OC(=O)[C@@H]3CCCN3C(=O)[C@H](CCCCNC(=O)ON3C(=O)CCC3=O)NC(=O)OCC(C)c3ccccc3[N+](=O)[O-])ccc12.CN.CN.CN.CN.CN.CN.CN.CN.CN.CNC(=O)NCCCC[C@H](NC(=O)OCC(C)c1ccccc1[N+](=O)[O-])C(=O)N1CCC[C@H]1C(=O)Oc1ccc2c(CC(C)=O)cc(=O)oc2c1. The van der Waals surface area contributed by atoms with Crippen LogP contribution in [0.15, 0.2) is 115 Å². The van der Waals surface area contributed by atoms with Gasteiger partial charge in [-0.3, -0.25) is 49.0 Å². The summed E-state index contributed by atoms with van der Waals surface area (Å²) in [7, 11) is 15.0. The standard InChI is InChI=1S/C38H41N5O14.C35H41N5O11.9CH5N/c1-22(26-8-3-4-10-29(26)43(52)53)21-54-38(51)40-28(9-5-6-16-39-37(50)57-42-32(45)14-15-33(42)46)35(48)41-17-7-11-30(41)36(49)55-25-12-13-27-24(18-23(2)44)19-34(47)56-31(27)20-25;1-21(25-9-4-5-11-28(25)40(47)48)20-49-35(46)38-27(10-6-7-15-37-34(45)36-3)32(43)39-16-8-12-29(39)33(44)50-24-13-14-26-23(17-22(2)41)18-31(42)51-30(26)19-24;9*1-2/h3-4,8,10,12-13,19-20,22,28,30H,5-7,9,11,14-18,21H2,1-2H3,(H,39,50)(H,40,51);4-5,9,11,13-14,18-19,21,27,29H,6-8,10,12,15-17,20H2,1-3H3,(H,38,46)(H2,36,37,45);9*2H2,1H3/t22?,28-,30-;21?,27-,29-;;;;;;;;;/m00........./s1. The topological polar surface area (TPSA) is 702 Å². The molecule has 23 N–H and O–H groups in total. The lowest BCUT2D eigenvalue weighted by Gasteiger charge is -2.28. The first-order chi connectivity index (χ1) is 60.6. The number of nitrogens with two attached hydrogens (primary N) is 9. The Kier molecular flexibility index (Phi) is 59.3. The van der Waals surface area contributed by atoms with Gasteiger partial charge in [0.25, 0.3) is 23.2 Å². The number of ketones is 2. The number of nitrogens with one attached hydrogen (secondary N) is 5. The van der Waals surface area contributed by atoms with Crippen molar-refractivity contribution in [3.8, 4) is 11.5 Å². The molecule has 4 aromatic carbocycles. The largest absolute Gasteiger partial charge is 0.449 e. The number of rotatable bonds is 31. The summed E-state index contributed by atoms with van der Waals surface area (Å²) in [5, 5.41) is 37.0. The zero-order valence-corrected chi connectivity index (χ0v) is 74.0. The Morgan fingerprint density at radius 1 is 0.492 bits per heavy atom. The van der Waals surface area contributed by atoms with Crippen LogP contribution in [0.5, 0.6) is 11.5 Å². The number of nitrogens with zero attached hydrogens (tertiary/aromatic N) is 5. The Bertz CT molecular complexity index is 4550. The third-order valence-corrected chi connectivity index (χ3v) is 17.8. The molecule has 3 aliphatic heterocycles. The summed E-state index contributed by atoms with van der Waals surface area (Å²) in [5.41, 5.74) is 40.8. The second-order valence-electron chi connectivity index (χ2n) is 25.9. The fourth-order valence-electron chi connectivity index (χ4n) is 12.5. The van der Waals surface area contributed by atoms with Crippen LogP contribution in [0.1, 0.15) is 139 Å². The summed E-state index contributed by atoms with van der Waals surface area (Å²) in [5.74, 6) is -5.23. The Hall–Kier alpha value is -12.8. The average Bonchev–Trinajstić information content (AvgIpc) is 1.13. The molecule has 126 heavy (non-hydrogen) atoms. The number of carbonyl (C=O) groups is 12. The molecule has 6 aromatic rings. The molecule has 0 aliphatic carbocycles. The molecule has 0 spiro atoms. The summed E-state index contributed by atoms with van der Waals surface area (Å²) in [6.07, 6.45) is 0.0688. The van der Waals surface area contributed by atoms with Crippen LogP contribution < -0.4 is 98.9 Å². The number of imide groups is 1. The molecule has 44 nitrogen and oxygen atoms in total. The molecule has 6 atom stereocenters. The van der Waals surface area contributed by atoms with E-state index in [1.807, 2.05) is 0 Å². The van der Waals surface area contributed by atoms with Crippen molar-refractivity contribution in [2.24, 2.45) is 51.6 Å². The Balaban J connectivity index is 0. The van der Waals surface area contributed by atoms with E-state index >= 15 is 0 Å². The fourth-order valence-corrected chi connectivity index (χ4v) is 12.5. The summed E-state index contributed by atoms with van der Waals surface area (Å²) in [4.78, 5) is 205. The van der Waals surface area contributed by atoms with E-state index in [1.165, 1.54) is 155 Å². The molecule has 2 unspecified atom stereocenters. The van der Waals surface area contributed by atoms with Crippen LogP contribution >= 0.6 is 0 Å². The zero-order chi connectivity index (χ0) is 96.3. The minimum Gasteiger partial charge on any atom is -0.449 e. The molecular weight excluding hydrogens is 1650 g/mol. The van der Waals surface area contributed by atoms with Crippen LogP contribution in [0.4, 0.5) is 30.6 Å². The minimum atomic E-state index is -1.21. The number of fused-ring (bicyclic) bond motifs is 2. The maximum Gasteiger partial charge on any atom is 0.432 e. The van der Waals surface area contributed by atoms with Crippen LogP contribution in [-0.4, -0.2) is 230 Å². The third kappa shape index (κ3) is 38.1. The number of hydrogen-bond acceptors (Lipinski definition) is 34. The number of esters is 2. The van der Waals surface area contributed by atoms with Crippen molar-refractivity contribution >= 4 is 105 Å². The number of benzene rings is 4. The van der Waals surface area contributed by atoms with E-state index < -0.39 is 111 Å². The molecule has 0 radical (unpaired) electrons. The number of carbonyl (C=O) groups excluding carboxylic acids is 12. The van der Waals surface area contributed by atoms with E-state index in [-0.39, 0.29) is 142 Å². The smallest absolute Gasteiger partial charge is 0.432 e. The molecule has 44 heteroatoms. The molecule has 9 amide bonds. The lowest BCUT2D eigenvalue weighted by molar-refractivity contribution is -0.385. The lowest BCUT2D eigenvalue weighted by Crippen LogP contribution is -2.52. The summed E-state index contributed by atoms with van der Waals surface area (Å²) >= 11 is 0. The summed E-state index contributed by atoms with van der Waals surface area (Å²) in [6.45, 7) is 6.36. The van der Waals surface area contributed by atoms with E-state index in [1.54, 1.807) is 50.2 Å². The highest BCUT2D eigenvalue weighted by Gasteiger charge is 2.41. The number of likely N-dealkylation sites (tertiary alicyclic amines) is 2. The first-order valence-electron chi connectivity index (χ1n) is 40.1. The minimum absolute atomic E-state index is 0.00380. The number of unbranched alkanes of at least 4 members (excludes halogenated alkanes) is 2. The predicted molar refractivity (Wildman–Crippen MR) is 471 cm³/mol. The lowest BCUT2D eigenvalue weighted by atomic mass is 10.0. The van der Waals surface area contributed by atoms with E-state index in [9.17, 15) is 87.4 Å². The normalized spacial score (nSPS) is 13.8. The number of ether oxygens (including phenoxy) is 4. The molecule has 0 bridgehead atoms. The average molecular weight is 1780 g/mol. The third-order valence-electron chi connectivity index (χ3n) is 17.8. The highest BCUT2D eigenvalue weighted by Crippen LogP contribution is 2.32. The number of nitro groups is 2. The van der Waals surface area contributed by atoms with Crippen molar-refractivity contribution in [2.45, 2.75) is 154 Å². The second kappa shape index (κ2) is 64.9. The van der Waals surface area contributed by atoms with Crippen LogP contribution in [0.2, 0.25) is 0 Å². The number of Topliss-reactive ketones (excluding diaryl/α,β-unsaturated/α-hetero) is 2. The van der Waals surface area contributed by atoms with Gasteiger partial charge in [-0.15, -0.1) is 5.06 Å². The Labute approximate surface area is 730 Å². The van der Waals surface area contributed by atoms with Gasteiger partial charge in [0.1, 0.15) is 71.6 Å². The number of nitro benzene ring substituents is 2. The van der Waals surface area contributed by atoms with Gasteiger partial charge in [-0.1, -0.05) is 50.2 Å². The van der Waals surface area contributed by atoms with E-state index in [0.717, 1.165) is 0 Å². The molecule has 700 valence electrons. The second-order valence-corrected chi connectivity index (χ2v) is 25.9. The molecule has 9 rings (SSSR count). The maximum absolute atomic E-state index is 14.0. The number of urea groups is 1. The van der Waals surface area contributed by atoms with Crippen molar-refractivity contribution in [1.29, 1.82) is 0 Å². The highest BCUT2D eigenvalue weighted by molar-refractivity contribution is 6.01. The molecule has 0 saturated carbocycles. The van der Waals surface area contributed by atoms with Crippen molar-refractivity contribution < 1.29 is 100 Å². The van der Waals surface area contributed by atoms with Gasteiger partial charge in [0, 0.05) is 129 Å². The molecule has 3 fully saturated rings. The van der Waals surface area contributed by atoms with Crippen molar-refractivity contribution in [3.05, 3.63) is 160 Å². The highest BCUT2D eigenvalue weighted by atomic mass is 16.7. The van der Waals surface area contributed by atoms with Gasteiger partial charge in [-0.25, -0.2) is 38.4 Å². The maximum atomic E-state index is 14.0. The first-order valence-corrected chi connectivity index (χ1v) is 40.1. The van der Waals surface area contributed by atoms with E-state index in [0.29, 0.717) is 76.7 Å². The molecule has 3 saturated heterocycles. The number of para-hydroxylation sites is 2. The number of hydroxylamine groups is 2. The van der Waals surface area contributed by atoms with Crippen LogP contribution in [0, 0.1) is 20.2 Å². The first kappa shape index (κ1) is 115. The monoisotopic (exact) mass is 1780 g/mol. The molecule has 3 aliphatic rings. The van der Waals surface area contributed by atoms with Crippen molar-refractivity contribution in [3.63, 3.8) is 0 Å². The Morgan fingerprint density at radius 2 is 0.849 bits per heavy atom. The van der Waals surface area contributed by atoms with Gasteiger partial charge >= 0.3 is 47.5 Å². The van der Waals surface area contributed by atoms with Gasteiger partial charge in [0.2, 0.25) is 11.8 Å². The van der Waals surface area contributed by atoms with Crippen LogP contribution in [-0.2, 0) is 65.5 Å². The number of hydrogen-bond donors (Lipinski definition) is 14. The molecule has 5 heterocycles. The van der Waals surface area contributed by atoms with Gasteiger partial charge < -0.3 is 121 Å². The molecular formula is C82H127N19O25. The zero-order valence-electron chi connectivity index (χ0n) is 74.0. The van der Waals surface area contributed by atoms with Crippen LogP contribution in [0.25, 0.3) is 21.9 Å². The van der Waals surface area contributed by atoms with Crippen molar-refractivity contribution in [2.75, 3.05) is 110 Å². The number of amides is 9. The Morgan fingerprint density at radius 3 is 1.20 bits per heavy atom. The van der Waals surface area contributed by atoms with E-state index in [2.05, 4.69) is 78.2 Å². The predicted octanol–water partition coefficient (Wildman–Crippen LogP) is 3.49. The van der Waals surface area contributed by atoms with Gasteiger partial charge in [0.05, 0.1) is 9.85 Å².